The predicted molar refractivity (Wildman–Crippen MR) is 85.1 cm³/mol. The van der Waals surface area contributed by atoms with Crippen molar-refractivity contribution < 1.29 is 13.2 Å². The maximum Gasteiger partial charge on any atom is 0.276 e. The van der Waals surface area contributed by atoms with E-state index < -0.39 is 10.0 Å². The molecule has 0 fully saturated rings. The second kappa shape index (κ2) is 6.86. The molecule has 22 heavy (non-hydrogen) atoms. The van der Waals surface area contributed by atoms with Crippen molar-refractivity contribution in [2.24, 2.45) is 5.10 Å². The number of hydrogen-bond acceptors (Lipinski definition) is 4. The number of hydrogen-bond donors (Lipinski definition) is 2. The molecule has 114 valence electrons. The van der Waals surface area contributed by atoms with Gasteiger partial charge in [-0.25, -0.2) is 4.83 Å². The van der Waals surface area contributed by atoms with Gasteiger partial charge in [0.15, 0.2) is 0 Å². The van der Waals surface area contributed by atoms with Crippen molar-refractivity contribution in [1.82, 2.24) is 4.83 Å². The Bertz CT molecular complexity index is 769. The first-order valence-corrected chi connectivity index (χ1v) is 7.93. The number of nitrogens with zero attached hydrogens (tertiary/aromatic N) is 1. The molecule has 0 spiro atoms. The molecule has 0 saturated carbocycles. The summed E-state index contributed by atoms with van der Waals surface area (Å²) in [5, 5.41) is 6.37. The Kier molecular flexibility index (Phi) is 4.90. The van der Waals surface area contributed by atoms with Crippen LogP contribution in [0.4, 0.5) is 5.69 Å². The fourth-order valence-corrected chi connectivity index (χ4v) is 2.49. The van der Waals surface area contributed by atoms with Gasteiger partial charge in [-0.2, -0.15) is 13.5 Å². The summed E-state index contributed by atoms with van der Waals surface area (Å²) in [4.78, 5) is 13.2. The van der Waals surface area contributed by atoms with Crippen LogP contribution in [0.3, 0.4) is 0 Å². The van der Waals surface area contributed by atoms with Crippen molar-refractivity contribution in [1.29, 1.82) is 0 Å². The number of hydrazone groups is 1. The Labute approximate surface area is 128 Å². The van der Waals surface area contributed by atoms with E-state index >= 15 is 0 Å². The standard InChI is InChI=1S/C15H15N3O3S/c1-12(19)17-14-9-7-13(8-10-14)11-16-18-22(20,21)15-5-3-2-4-6-15/h2-11,18H,1H3,(H,17,19)/b16-11+. The van der Waals surface area contributed by atoms with Gasteiger partial charge in [-0.05, 0) is 29.8 Å². The smallest absolute Gasteiger partial charge is 0.276 e. The maximum atomic E-state index is 11.9. The van der Waals surface area contributed by atoms with Gasteiger partial charge in [0.2, 0.25) is 5.91 Å². The van der Waals surface area contributed by atoms with E-state index in [9.17, 15) is 13.2 Å². The van der Waals surface area contributed by atoms with Gasteiger partial charge >= 0.3 is 0 Å². The number of carbonyl (C=O) groups is 1. The van der Waals surface area contributed by atoms with Crippen molar-refractivity contribution in [3.63, 3.8) is 0 Å². The van der Waals surface area contributed by atoms with Crippen molar-refractivity contribution in [2.45, 2.75) is 11.8 Å². The zero-order valence-electron chi connectivity index (χ0n) is 11.9. The average molecular weight is 317 g/mol. The van der Waals surface area contributed by atoms with Crippen LogP contribution >= 0.6 is 0 Å². The second-order valence-corrected chi connectivity index (χ2v) is 6.13. The summed E-state index contributed by atoms with van der Waals surface area (Å²) in [7, 11) is -3.66. The molecule has 0 atom stereocenters. The summed E-state index contributed by atoms with van der Waals surface area (Å²) in [5.41, 5.74) is 1.36. The zero-order chi connectivity index (χ0) is 16.0. The summed E-state index contributed by atoms with van der Waals surface area (Å²) < 4.78 is 23.9. The Morgan fingerprint density at radius 1 is 1.05 bits per heavy atom. The Hall–Kier alpha value is -2.67. The minimum absolute atomic E-state index is 0.146. The highest BCUT2D eigenvalue weighted by Gasteiger charge is 2.10. The number of amides is 1. The summed E-state index contributed by atoms with van der Waals surface area (Å²) in [6, 6.07) is 14.8. The largest absolute Gasteiger partial charge is 0.326 e. The second-order valence-electron chi connectivity index (χ2n) is 4.47. The van der Waals surface area contributed by atoms with E-state index in [2.05, 4.69) is 15.2 Å². The van der Waals surface area contributed by atoms with Gasteiger partial charge in [0.05, 0.1) is 11.1 Å². The number of sulfonamides is 1. The van der Waals surface area contributed by atoms with Gasteiger partial charge in [0.1, 0.15) is 0 Å². The van der Waals surface area contributed by atoms with E-state index in [0.717, 1.165) is 0 Å². The summed E-state index contributed by atoms with van der Waals surface area (Å²) in [5.74, 6) is -0.156. The predicted octanol–water partition coefficient (Wildman–Crippen LogP) is 1.96. The van der Waals surface area contributed by atoms with Crippen molar-refractivity contribution in [3.8, 4) is 0 Å². The van der Waals surface area contributed by atoms with E-state index in [0.29, 0.717) is 11.3 Å². The molecule has 0 aliphatic rings. The Balaban J connectivity index is 2.02. The van der Waals surface area contributed by atoms with E-state index in [-0.39, 0.29) is 10.8 Å². The van der Waals surface area contributed by atoms with Gasteiger partial charge in [-0.1, -0.05) is 30.3 Å². The lowest BCUT2D eigenvalue weighted by Crippen LogP contribution is -2.18. The van der Waals surface area contributed by atoms with Crippen molar-refractivity contribution in [2.75, 3.05) is 5.32 Å². The molecule has 0 unspecified atom stereocenters. The number of nitrogens with one attached hydrogen (secondary N) is 2. The number of carbonyl (C=O) groups excluding carboxylic acids is 1. The molecule has 0 saturated heterocycles. The highest BCUT2D eigenvalue weighted by atomic mass is 32.2. The summed E-state index contributed by atoms with van der Waals surface area (Å²) in [6.45, 7) is 1.42. The maximum absolute atomic E-state index is 11.9. The molecule has 2 aromatic rings. The third-order valence-corrected chi connectivity index (χ3v) is 3.91. The topological polar surface area (TPSA) is 87.6 Å². The van der Waals surface area contributed by atoms with Gasteiger partial charge in [0, 0.05) is 12.6 Å². The molecule has 0 heterocycles. The first-order valence-electron chi connectivity index (χ1n) is 6.45. The molecule has 0 aliphatic carbocycles. The molecule has 0 aliphatic heterocycles. The van der Waals surface area contributed by atoms with E-state index in [4.69, 9.17) is 0 Å². The highest BCUT2D eigenvalue weighted by molar-refractivity contribution is 7.89. The molecule has 0 bridgehead atoms. The lowest BCUT2D eigenvalue weighted by Gasteiger charge is -2.03. The first-order chi connectivity index (χ1) is 10.5. The minimum Gasteiger partial charge on any atom is -0.326 e. The van der Waals surface area contributed by atoms with Crippen LogP contribution in [-0.2, 0) is 14.8 Å². The van der Waals surface area contributed by atoms with Crippen molar-refractivity contribution >= 4 is 27.8 Å². The Morgan fingerprint density at radius 3 is 2.27 bits per heavy atom. The Morgan fingerprint density at radius 2 is 1.68 bits per heavy atom. The quantitative estimate of drug-likeness (QED) is 0.652. The molecule has 2 aromatic carbocycles. The summed E-state index contributed by atoms with van der Waals surface area (Å²) >= 11 is 0. The van der Waals surface area contributed by atoms with Crippen LogP contribution < -0.4 is 10.1 Å². The number of benzene rings is 2. The fraction of sp³-hybridized carbons (Fsp3) is 0.0667. The minimum atomic E-state index is -3.66. The lowest BCUT2D eigenvalue weighted by atomic mass is 10.2. The number of rotatable bonds is 5. The molecule has 2 rings (SSSR count). The molecule has 0 aromatic heterocycles. The SMILES string of the molecule is CC(=O)Nc1ccc(/C=N/NS(=O)(=O)c2ccccc2)cc1. The molecule has 0 radical (unpaired) electrons. The summed E-state index contributed by atoms with van der Waals surface area (Å²) in [6.07, 6.45) is 1.39. The highest BCUT2D eigenvalue weighted by Crippen LogP contribution is 2.09. The zero-order valence-corrected chi connectivity index (χ0v) is 12.7. The fourth-order valence-electron chi connectivity index (χ4n) is 1.68. The van der Waals surface area contributed by atoms with Gasteiger partial charge in [0.25, 0.3) is 10.0 Å². The molecular formula is C15H15N3O3S. The van der Waals surface area contributed by atoms with Gasteiger partial charge < -0.3 is 5.32 Å². The molecular weight excluding hydrogens is 302 g/mol. The molecule has 7 heteroatoms. The van der Waals surface area contributed by atoms with Crippen LogP contribution in [0.2, 0.25) is 0 Å². The van der Waals surface area contributed by atoms with E-state index in [1.165, 1.54) is 25.3 Å². The normalized spacial score (nSPS) is 11.3. The molecule has 1 amide bonds. The van der Waals surface area contributed by atoms with Crippen LogP contribution in [0.5, 0.6) is 0 Å². The lowest BCUT2D eigenvalue weighted by molar-refractivity contribution is -0.114. The van der Waals surface area contributed by atoms with E-state index in [1.807, 2.05) is 0 Å². The number of anilines is 1. The van der Waals surface area contributed by atoms with Crippen LogP contribution in [0.1, 0.15) is 12.5 Å². The third kappa shape index (κ3) is 4.42. The van der Waals surface area contributed by atoms with Crippen LogP contribution in [-0.4, -0.2) is 20.5 Å². The average Bonchev–Trinajstić information content (AvgIpc) is 2.49. The van der Waals surface area contributed by atoms with Crippen LogP contribution in [0.25, 0.3) is 0 Å². The van der Waals surface area contributed by atoms with Crippen LogP contribution in [0, 0.1) is 0 Å². The van der Waals surface area contributed by atoms with Crippen LogP contribution in [0.15, 0.2) is 64.6 Å². The van der Waals surface area contributed by atoms with Gasteiger partial charge in [-0.3, -0.25) is 4.79 Å². The van der Waals surface area contributed by atoms with E-state index in [1.54, 1.807) is 42.5 Å². The molecule has 6 nitrogen and oxygen atoms in total. The third-order valence-electron chi connectivity index (χ3n) is 2.67. The first kappa shape index (κ1) is 15.7. The van der Waals surface area contributed by atoms with Crippen molar-refractivity contribution in [3.05, 3.63) is 60.2 Å². The monoisotopic (exact) mass is 317 g/mol. The molecule has 2 N–H and O–H groups in total. The van der Waals surface area contributed by atoms with Gasteiger partial charge in [-0.15, -0.1) is 0 Å².